The molecule has 3 aromatic rings. The molecule has 9 heteroatoms. The van der Waals surface area contributed by atoms with Gasteiger partial charge in [0.25, 0.3) is 0 Å². The fraction of sp³-hybridized carbons (Fsp3) is 0.368. The van der Waals surface area contributed by atoms with Crippen molar-refractivity contribution in [2.24, 2.45) is 7.05 Å². The summed E-state index contributed by atoms with van der Waals surface area (Å²) in [6.07, 6.45) is 5.34. The normalized spacial score (nSPS) is 16.6. The van der Waals surface area contributed by atoms with E-state index in [4.69, 9.17) is 4.74 Å². The predicted octanol–water partition coefficient (Wildman–Crippen LogP) is 2.97. The number of rotatable bonds is 7. The van der Waals surface area contributed by atoms with Crippen LogP contribution in [0.1, 0.15) is 23.2 Å². The zero-order valence-corrected chi connectivity index (χ0v) is 16.2. The molecule has 0 N–H and O–H groups in total. The summed E-state index contributed by atoms with van der Waals surface area (Å²) in [5.74, 6) is 0.559. The Bertz CT molecular complexity index is 963. The standard InChI is InChI=1S/C19H20FN5O2S/c1-24-10-14(9-21-24)17(26)12-28-19-23-22-18(13-4-6-15(20)7-5-13)25(19)11-16-3-2-8-27-16/h4-7,9-10,16H,2-3,8,11-12H2,1H3/t16-/m1/s1. The van der Waals surface area contributed by atoms with Crippen molar-refractivity contribution in [2.75, 3.05) is 12.4 Å². The van der Waals surface area contributed by atoms with Gasteiger partial charge in [0.15, 0.2) is 16.8 Å². The van der Waals surface area contributed by atoms with Crippen molar-refractivity contribution in [3.63, 3.8) is 0 Å². The minimum Gasteiger partial charge on any atom is -0.376 e. The van der Waals surface area contributed by atoms with Gasteiger partial charge in [0, 0.05) is 25.4 Å². The van der Waals surface area contributed by atoms with Gasteiger partial charge in [-0.3, -0.25) is 14.0 Å². The van der Waals surface area contributed by atoms with Gasteiger partial charge < -0.3 is 4.74 Å². The number of hydrogen-bond donors (Lipinski definition) is 0. The molecule has 0 unspecified atom stereocenters. The minimum atomic E-state index is -0.300. The lowest BCUT2D eigenvalue weighted by atomic mass is 10.2. The molecule has 0 aliphatic carbocycles. The van der Waals surface area contributed by atoms with Gasteiger partial charge in [0.2, 0.25) is 0 Å². The summed E-state index contributed by atoms with van der Waals surface area (Å²) in [6.45, 7) is 1.35. The number of hydrogen-bond acceptors (Lipinski definition) is 6. The number of halogens is 1. The zero-order chi connectivity index (χ0) is 19.5. The second-order valence-corrected chi connectivity index (χ2v) is 7.62. The third-order valence-electron chi connectivity index (χ3n) is 4.59. The molecule has 0 spiro atoms. The number of aromatic nitrogens is 5. The lowest BCUT2D eigenvalue weighted by Gasteiger charge is -2.14. The van der Waals surface area contributed by atoms with Crippen molar-refractivity contribution in [3.05, 3.63) is 48.0 Å². The molecule has 1 saturated heterocycles. The number of carbonyl (C=O) groups excluding carboxylic acids is 1. The van der Waals surface area contributed by atoms with Gasteiger partial charge in [-0.05, 0) is 37.1 Å². The van der Waals surface area contributed by atoms with Crippen molar-refractivity contribution in [1.82, 2.24) is 24.5 Å². The Labute approximate surface area is 165 Å². The summed E-state index contributed by atoms with van der Waals surface area (Å²) < 4.78 is 22.6. The quantitative estimate of drug-likeness (QED) is 0.448. The predicted molar refractivity (Wildman–Crippen MR) is 103 cm³/mol. The van der Waals surface area contributed by atoms with Gasteiger partial charge in [-0.2, -0.15) is 5.10 Å². The van der Waals surface area contributed by atoms with Crippen molar-refractivity contribution in [3.8, 4) is 11.4 Å². The lowest BCUT2D eigenvalue weighted by molar-refractivity contribution is 0.0953. The fourth-order valence-corrected chi connectivity index (χ4v) is 3.99. The Hall–Kier alpha value is -2.52. The molecule has 0 saturated carbocycles. The number of thioether (sulfide) groups is 1. The van der Waals surface area contributed by atoms with E-state index in [1.807, 2.05) is 4.57 Å². The molecule has 1 atom stereocenters. The summed E-state index contributed by atoms with van der Waals surface area (Å²) in [5, 5.41) is 13.3. The molecule has 3 heterocycles. The van der Waals surface area contributed by atoms with Crippen LogP contribution in [-0.4, -0.2) is 48.8 Å². The first-order valence-corrected chi connectivity index (χ1v) is 10.0. The third kappa shape index (κ3) is 4.15. The van der Waals surface area contributed by atoms with E-state index in [0.29, 0.717) is 23.1 Å². The number of aryl methyl sites for hydroxylation is 1. The maximum absolute atomic E-state index is 13.3. The Morgan fingerprint density at radius 3 is 2.82 bits per heavy atom. The summed E-state index contributed by atoms with van der Waals surface area (Å²) in [4.78, 5) is 12.4. The first-order valence-electron chi connectivity index (χ1n) is 9.05. The van der Waals surface area contributed by atoms with Crippen LogP contribution in [-0.2, 0) is 18.3 Å². The first kappa shape index (κ1) is 18.8. The van der Waals surface area contributed by atoms with E-state index < -0.39 is 0 Å². The molecular weight excluding hydrogens is 381 g/mol. The van der Waals surface area contributed by atoms with Crippen molar-refractivity contribution in [1.29, 1.82) is 0 Å². The molecule has 1 aliphatic rings. The molecule has 1 aliphatic heterocycles. The topological polar surface area (TPSA) is 74.8 Å². The largest absolute Gasteiger partial charge is 0.376 e. The van der Waals surface area contributed by atoms with Crippen LogP contribution in [0, 0.1) is 5.82 Å². The Kier molecular flexibility index (Phi) is 5.54. The Balaban J connectivity index is 1.56. The first-order chi connectivity index (χ1) is 13.6. The smallest absolute Gasteiger partial charge is 0.192 e. The molecule has 28 heavy (non-hydrogen) atoms. The SMILES string of the molecule is Cn1cc(C(=O)CSc2nnc(-c3ccc(F)cc3)n2C[C@H]2CCCO2)cn1. The molecule has 7 nitrogen and oxygen atoms in total. The van der Waals surface area contributed by atoms with Crippen LogP contribution in [0.25, 0.3) is 11.4 Å². The number of ketones is 1. The van der Waals surface area contributed by atoms with Crippen molar-refractivity contribution in [2.45, 2.75) is 30.6 Å². The zero-order valence-electron chi connectivity index (χ0n) is 15.4. The molecule has 4 rings (SSSR count). The molecule has 1 fully saturated rings. The highest BCUT2D eigenvalue weighted by Gasteiger charge is 2.22. The van der Waals surface area contributed by atoms with E-state index >= 15 is 0 Å². The highest BCUT2D eigenvalue weighted by atomic mass is 32.2. The molecule has 0 amide bonds. The number of ether oxygens (including phenoxy) is 1. The Morgan fingerprint density at radius 1 is 1.32 bits per heavy atom. The summed E-state index contributed by atoms with van der Waals surface area (Å²) in [7, 11) is 1.77. The number of Topliss-reactive ketones (excluding diaryl/α,β-unsaturated/α-hetero) is 1. The fourth-order valence-electron chi connectivity index (χ4n) is 3.14. The average Bonchev–Trinajstić information content (AvgIpc) is 3.43. The minimum absolute atomic E-state index is 0.0203. The molecule has 1 aromatic carbocycles. The van der Waals surface area contributed by atoms with Gasteiger partial charge in [-0.15, -0.1) is 10.2 Å². The summed E-state index contributed by atoms with van der Waals surface area (Å²) in [6, 6.07) is 6.17. The number of carbonyl (C=O) groups is 1. The maximum Gasteiger partial charge on any atom is 0.192 e. The van der Waals surface area contributed by atoms with Crippen molar-refractivity contribution < 1.29 is 13.9 Å². The second kappa shape index (κ2) is 8.24. The molecule has 0 radical (unpaired) electrons. The van der Waals surface area contributed by atoms with Crippen molar-refractivity contribution >= 4 is 17.5 Å². The van der Waals surface area contributed by atoms with Gasteiger partial charge in [0.1, 0.15) is 5.82 Å². The molecule has 146 valence electrons. The average molecular weight is 401 g/mol. The number of nitrogens with zero attached hydrogens (tertiary/aromatic N) is 5. The number of benzene rings is 1. The van der Waals surface area contributed by atoms with E-state index in [1.165, 1.54) is 23.9 Å². The molecule has 0 bridgehead atoms. The van der Waals surface area contributed by atoms with E-state index in [2.05, 4.69) is 15.3 Å². The van der Waals surface area contributed by atoms with E-state index in [-0.39, 0.29) is 23.5 Å². The van der Waals surface area contributed by atoms with Crippen LogP contribution in [0.15, 0.2) is 41.8 Å². The lowest BCUT2D eigenvalue weighted by Crippen LogP contribution is -2.17. The van der Waals surface area contributed by atoms with Gasteiger partial charge in [0.05, 0.1) is 30.2 Å². The van der Waals surface area contributed by atoms with E-state index in [9.17, 15) is 9.18 Å². The van der Waals surface area contributed by atoms with Gasteiger partial charge in [-0.25, -0.2) is 4.39 Å². The van der Waals surface area contributed by atoms with Crippen LogP contribution in [0.4, 0.5) is 4.39 Å². The third-order valence-corrected chi connectivity index (χ3v) is 5.56. The van der Waals surface area contributed by atoms with Crippen LogP contribution >= 0.6 is 11.8 Å². The highest BCUT2D eigenvalue weighted by molar-refractivity contribution is 7.99. The second-order valence-electron chi connectivity index (χ2n) is 6.67. The van der Waals surface area contributed by atoms with Crippen LogP contribution in [0.3, 0.4) is 0 Å². The van der Waals surface area contributed by atoms with Crippen LogP contribution in [0.5, 0.6) is 0 Å². The highest BCUT2D eigenvalue weighted by Crippen LogP contribution is 2.27. The van der Waals surface area contributed by atoms with Gasteiger partial charge >= 0.3 is 0 Å². The van der Waals surface area contributed by atoms with Gasteiger partial charge in [-0.1, -0.05) is 11.8 Å². The maximum atomic E-state index is 13.3. The monoisotopic (exact) mass is 401 g/mol. The Morgan fingerprint density at radius 2 is 2.14 bits per heavy atom. The van der Waals surface area contributed by atoms with Crippen LogP contribution < -0.4 is 0 Å². The molecule has 2 aromatic heterocycles. The molecular formula is C19H20FN5O2S. The van der Waals surface area contributed by atoms with E-state index in [0.717, 1.165) is 25.0 Å². The summed E-state index contributed by atoms with van der Waals surface area (Å²) >= 11 is 1.33. The van der Waals surface area contributed by atoms with E-state index in [1.54, 1.807) is 36.3 Å². The summed E-state index contributed by atoms with van der Waals surface area (Å²) in [5.41, 5.74) is 1.34. The van der Waals surface area contributed by atoms with Crippen LogP contribution in [0.2, 0.25) is 0 Å².